The quantitative estimate of drug-likeness (QED) is 0.705. The first-order valence-electron chi connectivity index (χ1n) is 8.18. The Labute approximate surface area is 147 Å². The van der Waals surface area contributed by atoms with Gasteiger partial charge in [-0.15, -0.1) is 0 Å². The van der Waals surface area contributed by atoms with Crippen LogP contribution in [0.4, 0.5) is 0 Å². The van der Waals surface area contributed by atoms with Crippen LogP contribution in [0.5, 0.6) is 5.75 Å². The number of nitrogens with one attached hydrogen (secondary N) is 2. The lowest BCUT2D eigenvalue weighted by Crippen LogP contribution is -2.37. The molecule has 7 heteroatoms. The number of carbonyl (C=O) groups excluding carboxylic acids is 2. The first kappa shape index (κ1) is 18.5. The molecule has 0 saturated carbocycles. The topological polar surface area (TPSA) is 85.2 Å². The Hall–Kier alpha value is -2.83. The Morgan fingerprint density at radius 3 is 2.72 bits per heavy atom. The summed E-state index contributed by atoms with van der Waals surface area (Å²) in [5.74, 6) is 0.308. The van der Waals surface area contributed by atoms with Crippen LogP contribution < -0.4 is 15.4 Å². The molecule has 1 aromatic carbocycles. The molecule has 0 bridgehead atoms. The molecular formula is C18H24N4O3. The zero-order valence-corrected chi connectivity index (χ0v) is 14.8. The Morgan fingerprint density at radius 2 is 2.04 bits per heavy atom. The van der Waals surface area contributed by atoms with Crippen LogP contribution in [0.3, 0.4) is 0 Å². The highest BCUT2D eigenvalue weighted by Gasteiger charge is 2.12. The number of hydrogen-bond acceptors (Lipinski definition) is 4. The Balaban J connectivity index is 1.67. The summed E-state index contributed by atoms with van der Waals surface area (Å²) >= 11 is 0. The lowest BCUT2D eigenvalue weighted by molar-refractivity contribution is -0.120. The van der Waals surface area contributed by atoms with Crippen LogP contribution in [0.15, 0.2) is 30.3 Å². The summed E-state index contributed by atoms with van der Waals surface area (Å²) < 4.78 is 6.68. The molecule has 2 aromatic rings. The highest BCUT2D eigenvalue weighted by molar-refractivity contribution is 5.95. The molecule has 7 nitrogen and oxygen atoms in total. The van der Waals surface area contributed by atoms with Gasteiger partial charge in [0, 0.05) is 13.6 Å². The number of nitrogens with zero attached hydrogens (tertiary/aromatic N) is 2. The van der Waals surface area contributed by atoms with Gasteiger partial charge in [0.2, 0.25) is 5.91 Å². The van der Waals surface area contributed by atoms with Crippen molar-refractivity contribution in [2.75, 3.05) is 20.2 Å². The van der Waals surface area contributed by atoms with Crippen molar-refractivity contribution in [2.24, 2.45) is 7.05 Å². The van der Waals surface area contributed by atoms with E-state index in [2.05, 4.69) is 15.7 Å². The molecule has 25 heavy (non-hydrogen) atoms. The molecule has 0 spiro atoms. The average Bonchev–Trinajstić information content (AvgIpc) is 2.95. The highest BCUT2D eigenvalue weighted by Crippen LogP contribution is 2.13. The number of carbonyl (C=O) groups is 2. The van der Waals surface area contributed by atoms with Gasteiger partial charge in [-0.25, -0.2) is 0 Å². The summed E-state index contributed by atoms with van der Waals surface area (Å²) in [6.07, 6.45) is 1.66. The zero-order valence-electron chi connectivity index (χ0n) is 14.8. The van der Waals surface area contributed by atoms with E-state index < -0.39 is 0 Å². The number of hydrogen-bond donors (Lipinski definition) is 2. The highest BCUT2D eigenvalue weighted by atomic mass is 16.5. The summed E-state index contributed by atoms with van der Waals surface area (Å²) in [7, 11) is 3.33. The van der Waals surface area contributed by atoms with Crippen molar-refractivity contribution in [3.8, 4) is 5.75 Å². The van der Waals surface area contributed by atoms with E-state index in [0.717, 1.165) is 29.8 Å². The second-order valence-electron chi connectivity index (χ2n) is 5.78. The van der Waals surface area contributed by atoms with Crippen molar-refractivity contribution in [3.63, 3.8) is 0 Å². The largest absolute Gasteiger partial charge is 0.497 e. The predicted octanol–water partition coefficient (Wildman–Crippen LogP) is 1.22. The molecule has 2 N–H and O–H groups in total. The van der Waals surface area contributed by atoms with Crippen LogP contribution in [0.1, 0.15) is 28.2 Å². The summed E-state index contributed by atoms with van der Waals surface area (Å²) in [5, 5.41) is 9.51. The number of aryl methyl sites for hydroxylation is 3. The molecule has 0 unspecified atom stereocenters. The molecule has 0 aliphatic carbocycles. The second-order valence-corrected chi connectivity index (χ2v) is 5.78. The maximum Gasteiger partial charge on any atom is 0.269 e. The Morgan fingerprint density at radius 1 is 1.24 bits per heavy atom. The van der Waals surface area contributed by atoms with E-state index in [1.54, 1.807) is 20.2 Å². The van der Waals surface area contributed by atoms with Crippen LogP contribution in [0.2, 0.25) is 0 Å². The van der Waals surface area contributed by atoms with Crippen molar-refractivity contribution in [1.82, 2.24) is 20.4 Å². The number of benzene rings is 1. The molecule has 0 atom stereocenters. The van der Waals surface area contributed by atoms with Gasteiger partial charge in [-0.2, -0.15) is 5.10 Å². The van der Waals surface area contributed by atoms with Gasteiger partial charge in [0.25, 0.3) is 5.91 Å². The molecule has 0 radical (unpaired) electrons. The van der Waals surface area contributed by atoms with E-state index >= 15 is 0 Å². The van der Waals surface area contributed by atoms with E-state index in [9.17, 15) is 9.59 Å². The van der Waals surface area contributed by atoms with Gasteiger partial charge < -0.3 is 15.4 Å². The lowest BCUT2D eigenvalue weighted by atomic mass is 10.1. The molecule has 1 heterocycles. The minimum atomic E-state index is -0.311. The minimum absolute atomic E-state index is 0.0534. The Bertz CT molecular complexity index is 740. The lowest BCUT2D eigenvalue weighted by Gasteiger charge is -2.08. The van der Waals surface area contributed by atoms with Gasteiger partial charge in [0.05, 0.1) is 19.3 Å². The molecular weight excluding hydrogens is 320 g/mol. The van der Waals surface area contributed by atoms with Crippen molar-refractivity contribution in [1.29, 1.82) is 0 Å². The number of methoxy groups -OCH3 is 1. The monoisotopic (exact) mass is 344 g/mol. The van der Waals surface area contributed by atoms with Gasteiger partial charge >= 0.3 is 0 Å². The predicted molar refractivity (Wildman–Crippen MR) is 94.6 cm³/mol. The smallest absolute Gasteiger partial charge is 0.269 e. The fourth-order valence-electron chi connectivity index (χ4n) is 2.49. The summed E-state index contributed by atoms with van der Waals surface area (Å²) in [5.41, 5.74) is 2.35. The van der Waals surface area contributed by atoms with Gasteiger partial charge in [0.15, 0.2) is 0 Å². The summed E-state index contributed by atoms with van der Waals surface area (Å²) in [6, 6.07) is 9.54. The Kier molecular flexibility index (Phi) is 6.56. The van der Waals surface area contributed by atoms with Gasteiger partial charge in [-0.3, -0.25) is 14.3 Å². The fraction of sp³-hybridized carbons (Fsp3) is 0.389. The van der Waals surface area contributed by atoms with Crippen LogP contribution in [0, 0.1) is 6.92 Å². The van der Waals surface area contributed by atoms with Crippen LogP contribution in [-0.2, 0) is 18.3 Å². The normalized spacial score (nSPS) is 10.4. The van der Waals surface area contributed by atoms with Crippen LogP contribution in [0.25, 0.3) is 0 Å². The zero-order chi connectivity index (χ0) is 18.2. The van der Waals surface area contributed by atoms with Crippen LogP contribution >= 0.6 is 0 Å². The maximum atomic E-state index is 12.0. The minimum Gasteiger partial charge on any atom is -0.497 e. The first-order chi connectivity index (χ1) is 12.0. The van der Waals surface area contributed by atoms with Gasteiger partial charge in [0.1, 0.15) is 11.4 Å². The van der Waals surface area contributed by atoms with Crippen molar-refractivity contribution in [2.45, 2.75) is 19.8 Å². The molecule has 0 aliphatic rings. The molecule has 0 fully saturated rings. The van der Waals surface area contributed by atoms with E-state index in [4.69, 9.17) is 4.74 Å². The van der Waals surface area contributed by atoms with Gasteiger partial charge in [-0.1, -0.05) is 12.1 Å². The van der Waals surface area contributed by atoms with Gasteiger partial charge in [-0.05, 0) is 43.5 Å². The van der Waals surface area contributed by atoms with Crippen LogP contribution in [-0.4, -0.2) is 41.8 Å². The van der Waals surface area contributed by atoms with E-state index in [0.29, 0.717) is 12.2 Å². The SMILES string of the molecule is COc1cccc(CCCNC(=O)CNC(=O)c2cc(C)nn2C)c1. The third-order valence-electron chi connectivity index (χ3n) is 3.74. The number of rotatable bonds is 8. The fourth-order valence-corrected chi connectivity index (χ4v) is 2.49. The van der Waals surface area contributed by atoms with Crippen molar-refractivity contribution >= 4 is 11.8 Å². The van der Waals surface area contributed by atoms with E-state index in [1.165, 1.54) is 4.68 Å². The van der Waals surface area contributed by atoms with Crippen molar-refractivity contribution in [3.05, 3.63) is 47.3 Å². The second kappa shape index (κ2) is 8.86. The molecule has 1 aromatic heterocycles. The number of ether oxygens (including phenoxy) is 1. The van der Waals surface area contributed by atoms with E-state index in [1.807, 2.05) is 31.2 Å². The summed E-state index contributed by atoms with van der Waals surface area (Å²) in [6.45, 7) is 2.31. The van der Waals surface area contributed by atoms with E-state index in [-0.39, 0.29) is 18.4 Å². The standard InChI is InChI=1S/C18H24N4O3/c1-13-10-16(22(2)21-13)18(24)20-12-17(23)19-9-5-7-14-6-4-8-15(11-14)25-3/h4,6,8,10-11H,5,7,9,12H2,1-3H3,(H,19,23)(H,20,24). The molecule has 0 saturated heterocycles. The summed E-state index contributed by atoms with van der Waals surface area (Å²) in [4.78, 5) is 23.8. The average molecular weight is 344 g/mol. The van der Waals surface area contributed by atoms with Crippen molar-refractivity contribution < 1.29 is 14.3 Å². The maximum absolute atomic E-state index is 12.0. The molecule has 2 rings (SSSR count). The first-order valence-corrected chi connectivity index (χ1v) is 8.18. The number of aromatic nitrogens is 2. The number of amides is 2. The third kappa shape index (κ3) is 5.63. The third-order valence-corrected chi connectivity index (χ3v) is 3.74. The molecule has 134 valence electrons. The molecule has 0 aliphatic heterocycles. The molecule has 2 amide bonds.